The Balaban J connectivity index is 1.76. The maximum Gasteiger partial charge on any atom is 0.242 e. The van der Waals surface area contributed by atoms with Crippen LogP contribution in [-0.2, 0) is 14.3 Å². The molecule has 0 aromatic heterocycles. The molecule has 1 aliphatic carbocycles. The number of carbonyl (C=O) groups is 1. The lowest BCUT2D eigenvalue weighted by atomic mass is 9.97. The highest BCUT2D eigenvalue weighted by molar-refractivity contribution is 5.86. The largest absolute Gasteiger partial charge is 0.385 e. The molecular formula is C12H22N2O3. The Morgan fingerprint density at radius 1 is 1.47 bits per heavy atom. The van der Waals surface area contributed by atoms with Crippen molar-refractivity contribution < 1.29 is 14.3 Å². The molecule has 1 saturated carbocycles. The highest BCUT2D eigenvalue weighted by atomic mass is 16.5. The van der Waals surface area contributed by atoms with E-state index in [4.69, 9.17) is 15.2 Å². The maximum absolute atomic E-state index is 12.0. The molecule has 1 heterocycles. The number of hydrogen-bond donors (Lipinski definition) is 2. The van der Waals surface area contributed by atoms with Gasteiger partial charge in [0.1, 0.15) is 5.54 Å². The summed E-state index contributed by atoms with van der Waals surface area (Å²) in [4.78, 5) is 12.0. The predicted octanol–water partition coefficient (Wildman–Crippen LogP) is 0.0371. The molecule has 2 rings (SSSR count). The lowest BCUT2D eigenvalue weighted by molar-refractivity contribution is -0.126. The first-order valence-electron chi connectivity index (χ1n) is 6.24. The summed E-state index contributed by atoms with van der Waals surface area (Å²) in [7, 11) is 1.71. The van der Waals surface area contributed by atoms with Crippen LogP contribution in [0.2, 0.25) is 0 Å². The highest BCUT2D eigenvalue weighted by Crippen LogP contribution is 2.48. The highest BCUT2D eigenvalue weighted by Gasteiger charge is 2.44. The van der Waals surface area contributed by atoms with Gasteiger partial charge in [0.15, 0.2) is 0 Å². The Bertz CT molecular complexity index is 283. The van der Waals surface area contributed by atoms with Crippen LogP contribution in [0.1, 0.15) is 25.7 Å². The number of amides is 1. The van der Waals surface area contributed by atoms with Gasteiger partial charge in [0.2, 0.25) is 5.91 Å². The summed E-state index contributed by atoms with van der Waals surface area (Å²) in [6.07, 6.45) is 3.97. The lowest BCUT2D eigenvalue weighted by Crippen LogP contribution is -2.55. The SMILES string of the molecule is COCCC1(CNC(=O)C2(N)CCOC2)CC1. The third-order valence-corrected chi connectivity index (χ3v) is 3.92. The second-order valence-corrected chi connectivity index (χ2v) is 5.38. The Morgan fingerprint density at radius 2 is 2.24 bits per heavy atom. The fourth-order valence-corrected chi connectivity index (χ4v) is 2.21. The van der Waals surface area contributed by atoms with E-state index >= 15 is 0 Å². The second kappa shape index (κ2) is 4.92. The summed E-state index contributed by atoms with van der Waals surface area (Å²) >= 11 is 0. The third kappa shape index (κ3) is 2.97. The molecule has 2 fully saturated rings. The number of methoxy groups -OCH3 is 1. The van der Waals surface area contributed by atoms with Crippen LogP contribution in [0.4, 0.5) is 0 Å². The first-order valence-corrected chi connectivity index (χ1v) is 6.24. The first-order chi connectivity index (χ1) is 8.10. The van der Waals surface area contributed by atoms with Crippen molar-refractivity contribution in [3.05, 3.63) is 0 Å². The number of rotatable bonds is 6. The van der Waals surface area contributed by atoms with Crippen LogP contribution in [0, 0.1) is 5.41 Å². The fraction of sp³-hybridized carbons (Fsp3) is 0.917. The van der Waals surface area contributed by atoms with Crippen molar-refractivity contribution in [2.24, 2.45) is 11.1 Å². The number of hydrogen-bond acceptors (Lipinski definition) is 4. The first kappa shape index (κ1) is 12.8. The van der Waals surface area contributed by atoms with Crippen LogP contribution in [0.5, 0.6) is 0 Å². The molecule has 5 heteroatoms. The Kier molecular flexibility index (Phi) is 3.70. The summed E-state index contributed by atoms with van der Waals surface area (Å²) in [6, 6.07) is 0. The molecule has 0 spiro atoms. The molecule has 1 amide bonds. The minimum absolute atomic E-state index is 0.0707. The topological polar surface area (TPSA) is 73.6 Å². The summed E-state index contributed by atoms with van der Waals surface area (Å²) in [5.74, 6) is -0.0707. The summed E-state index contributed by atoms with van der Waals surface area (Å²) in [6.45, 7) is 2.39. The average molecular weight is 242 g/mol. The van der Waals surface area contributed by atoms with Crippen molar-refractivity contribution in [3.8, 4) is 0 Å². The van der Waals surface area contributed by atoms with Gasteiger partial charge in [-0.05, 0) is 31.1 Å². The molecule has 0 aromatic rings. The Hall–Kier alpha value is -0.650. The molecule has 17 heavy (non-hydrogen) atoms. The smallest absolute Gasteiger partial charge is 0.242 e. The summed E-state index contributed by atoms with van der Waals surface area (Å²) in [5.41, 5.74) is 5.45. The van der Waals surface area contributed by atoms with Crippen molar-refractivity contribution >= 4 is 5.91 Å². The molecule has 0 aromatic carbocycles. The Morgan fingerprint density at radius 3 is 2.76 bits per heavy atom. The minimum Gasteiger partial charge on any atom is -0.385 e. The summed E-state index contributed by atoms with van der Waals surface area (Å²) in [5, 5.41) is 2.98. The second-order valence-electron chi connectivity index (χ2n) is 5.38. The van der Waals surface area contributed by atoms with Crippen molar-refractivity contribution in [3.63, 3.8) is 0 Å². The maximum atomic E-state index is 12.0. The predicted molar refractivity (Wildman–Crippen MR) is 63.5 cm³/mol. The molecule has 2 aliphatic rings. The molecule has 0 radical (unpaired) electrons. The van der Waals surface area contributed by atoms with Crippen molar-refractivity contribution in [2.75, 3.05) is 33.5 Å². The van der Waals surface area contributed by atoms with Gasteiger partial charge in [0.05, 0.1) is 6.61 Å². The van der Waals surface area contributed by atoms with Gasteiger partial charge in [-0.2, -0.15) is 0 Å². The third-order valence-electron chi connectivity index (χ3n) is 3.92. The zero-order valence-electron chi connectivity index (χ0n) is 10.5. The van der Waals surface area contributed by atoms with Gasteiger partial charge in [-0.3, -0.25) is 4.79 Å². The van der Waals surface area contributed by atoms with Crippen LogP contribution >= 0.6 is 0 Å². The van der Waals surface area contributed by atoms with Crippen LogP contribution in [-0.4, -0.2) is 44.9 Å². The molecular weight excluding hydrogens is 220 g/mol. The van der Waals surface area contributed by atoms with Gasteiger partial charge in [-0.15, -0.1) is 0 Å². The van der Waals surface area contributed by atoms with E-state index in [-0.39, 0.29) is 11.3 Å². The molecule has 0 bridgehead atoms. The zero-order valence-corrected chi connectivity index (χ0v) is 10.5. The van der Waals surface area contributed by atoms with E-state index in [9.17, 15) is 4.79 Å². The molecule has 1 atom stereocenters. The minimum atomic E-state index is -0.808. The van der Waals surface area contributed by atoms with Crippen molar-refractivity contribution in [2.45, 2.75) is 31.2 Å². The Labute approximate surface area is 102 Å². The van der Waals surface area contributed by atoms with E-state index in [1.54, 1.807) is 7.11 Å². The van der Waals surface area contributed by atoms with Crippen molar-refractivity contribution in [1.29, 1.82) is 0 Å². The monoisotopic (exact) mass is 242 g/mol. The quantitative estimate of drug-likeness (QED) is 0.689. The molecule has 3 N–H and O–H groups in total. The normalized spacial score (nSPS) is 30.2. The van der Waals surface area contributed by atoms with E-state index in [1.807, 2.05) is 0 Å². The van der Waals surface area contributed by atoms with Gasteiger partial charge in [0.25, 0.3) is 0 Å². The van der Waals surface area contributed by atoms with E-state index < -0.39 is 5.54 Å². The van der Waals surface area contributed by atoms with E-state index in [0.717, 1.165) is 13.0 Å². The van der Waals surface area contributed by atoms with Crippen LogP contribution in [0.3, 0.4) is 0 Å². The molecule has 1 aliphatic heterocycles. The van der Waals surface area contributed by atoms with Gasteiger partial charge in [0, 0.05) is 26.9 Å². The standard InChI is InChI=1S/C12H22N2O3/c1-16-6-4-11(2-3-11)8-14-10(15)12(13)5-7-17-9-12/h2-9,13H2,1H3,(H,14,15). The van der Waals surface area contributed by atoms with Gasteiger partial charge < -0.3 is 20.5 Å². The number of nitrogens with two attached hydrogens (primary N) is 1. The number of ether oxygens (including phenoxy) is 2. The molecule has 5 nitrogen and oxygen atoms in total. The number of carbonyl (C=O) groups excluding carboxylic acids is 1. The van der Waals surface area contributed by atoms with Crippen LogP contribution in [0.15, 0.2) is 0 Å². The zero-order chi connectivity index (χ0) is 12.4. The fourth-order valence-electron chi connectivity index (χ4n) is 2.21. The summed E-state index contributed by atoms with van der Waals surface area (Å²) < 4.78 is 10.3. The van der Waals surface area contributed by atoms with Crippen molar-refractivity contribution in [1.82, 2.24) is 5.32 Å². The van der Waals surface area contributed by atoms with Gasteiger partial charge in [-0.1, -0.05) is 0 Å². The van der Waals surface area contributed by atoms with E-state index in [1.165, 1.54) is 12.8 Å². The van der Waals surface area contributed by atoms with Gasteiger partial charge in [-0.25, -0.2) is 0 Å². The average Bonchev–Trinajstić information content (AvgIpc) is 2.97. The number of nitrogens with one attached hydrogen (secondary N) is 1. The van der Waals surface area contributed by atoms with E-state index in [2.05, 4.69) is 5.32 Å². The molecule has 1 unspecified atom stereocenters. The van der Waals surface area contributed by atoms with Gasteiger partial charge >= 0.3 is 0 Å². The molecule has 98 valence electrons. The van der Waals surface area contributed by atoms with E-state index in [0.29, 0.717) is 26.2 Å². The van der Waals surface area contributed by atoms with Crippen LogP contribution < -0.4 is 11.1 Å². The lowest BCUT2D eigenvalue weighted by Gasteiger charge is -2.23. The van der Waals surface area contributed by atoms with Crippen LogP contribution in [0.25, 0.3) is 0 Å². The molecule has 1 saturated heterocycles.